The van der Waals surface area contributed by atoms with Gasteiger partial charge in [0, 0.05) is 11.2 Å². The van der Waals surface area contributed by atoms with Crippen molar-refractivity contribution in [3.05, 3.63) is 5.82 Å². The molecule has 0 aliphatic carbocycles. The van der Waals surface area contributed by atoms with E-state index in [4.69, 9.17) is 0 Å². The highest BCUT2D eigenvalue weighted by molar-refractivity contribution is 9.09. The molecule has 1 heterocycles. The summed E-state index contributed by atoms with van der Waals surface area (Å²) in [5, 5.41) is 12.0. The van der Waals surface area contributed by atoms with Crippen molar-refractivity contribution in [1.82, 2.24) is 20.2 Å². The van der Waals surface area contributed by atoms with Gasteiger partial charge in [-0.2, -0.15) is 4.80 Å². The van der Waals surface area contributed by atoms with Crippen molar-refractivity contribution in [2.24, 2.45) is 18.9 Å². The van der Waals surface area contributed by atoms with Crippen molar-refractivity contribution < 1.29 is 0 Å². The zero-order chi connectivity index (χ0) is 10.7. The van der Waals surface area contributed by atoms with Crippen LogP contribution in [0.15, 0.2) is 0 Å². The average Bonchev–Trinajstić information content (AvgIpc) is 2.46. The predicted molar refractivity (Wildman–Crippen MR) is 59.2 cm³/mol. The minimum Gasteiger partial charge on any atom is -0.167 e. The Bertz CT molecular complexity index is 274. The molecular formula is C9H17BrN4. The Morgan fingerprint density at radius 3 is 2.36 bits per heavy atom. The van der Waals surface area contributed by atoms with Crippen molar-refractivity contribution in [3.8, 4) is 0 Å². The SMILES string of the molecule is CC(C)C(Cc1nnn(C)n1)C(C)Br. The minimum absolute atomic E-state index is 0.478. The number of halogens is 1. The summed E-state index contributed by atoms with van der Waals surface area (Å²) < 4.78 is 0. The van der Waals surface area contributed by atoms with Crippen LogP contribution < -0.4 is 0 Å². The molecule has 0 fully saturated rings. The first-order chi connectivity index (χ1) is 6.50. The Hall–Kier alpha value is -0.450. The Balaban J connectivity index is 2.64. The molecule has 2 atom stereocenters. The van der Waals surface area contributed by atoms with Gasteiger partial charge in [-0.3, -0.25) is 0 Å². The molecular weight excluding hydrogens is 244 g/mol. The van der Waals surface area contributed by atoms with Crippen LogP contribution in [0.4, 0.5) is 0 Å². The topological polar surface area (TPSA) is 43.6 Å². The Labute approximate surface area is 93.2 Å². The molecule has 0 amide bonds. The van der Waals surface area contributed by atoms with Gasteiger partial charge < -0.3 is 0 Å². The van der Waals surface area contributed by atoms with Crippen molar-refractivity contribution >= 4 is 15.9 Å². The third-order valence-corrected chi connectivity index (χ3v) is 3.09. The molecule has 1 aromatic heterocycles. The number of aryl methyl sites for hydroxylation is 1. The second kappa shape index (κ2) is 4.87. The van der Waals surface area contributed by atoms with E-state index in [9.17, 15) is 0 Å². The van der Waals surface area contributed by atoms with Gasteiger partial charge in [0.15, 0.2) is 5.82 Å². The normalized spacial score (nSPS) is 15.9. The molecule has 0 N–H and O–H groups in total. The smallest absolute Gasteiger partial charge is 0.167 e. The highest BCUT2D eigenvalue weighted by Crippen LogP contribution is 2.23. The van der Waals surface area contributed by atoms with Crippen molar-refractivity contribution in [2.75, 3.05) is 0 Å². The molecule has 0 aliphatic heterocycles. The third-order valence-electron chi connectivity index (χ3n) is 2.41. The van der Waals surface area contributed by atoms with Crippen LogP contribution in [0, 0.1) is 11.8 Å². The number of aromatic nitrogens is 4. The molecule has 4 nitrogen and oxygen atoms in total. The highest BCUT2D eigenvalue weighted by atomic mass is 79.9. The number of hydrogen-bond acceptors (Lipinski definition) is 3. The number of tetrazole rings is 1. The molecule has 14 heavy (non-hydrogen) atoms. The highest BCUT2D eigenvalue weighted by Gasteiger charge is 2.21. The first-order valence-electron chi connectivity index (χ1n) is 4.87. The molecule has 1 aromatic rings. The summed E-state index contributed by atoms with van der Waals surface area (Å²) in [6.07, 6.45) is 0.887. The van der Waals surface area contributed by atoms with E-state index in [-0.39, 0.29) is 0 Å². The summed E-state index contributed by atoms with van der Waals surface area (Å²) in [5.74, 6) is 2.00. The van der Waals surface area contributed by atoms with E-state index >= 15 is 0 Å². The van der Waals surface area contributed by atoms with Crippen LogP contribution in [0.2, 0.25) is 0 Å². The van der Waals surface area contributed by atoms with Gasteiger partial charge in [-0.1, -0.05) is 36.7 Å². The monoisotopic (exact) mass is 260 g/mol. The molecule has 0 saturated carbocycles. The van der Waals surface area contributed by atoms with Crippen LogP contribution in [-0.2, 0) is 13.5 Å². The van der Waals surface area contributed by atoms with Crippen LogP contribution in [0.25, 0.3) is 0 Å². The quantitative estimate of drug-likeness (QED) is 0.776. The number of hydrogen-bond donors (Lipinski definition) is 0. The first kappa shape index (κ1) is 11.6. The zero-order valence-corrected chi connectivity index (χ0v) is 10.7. The third kappa shape index (κ3) is 3.04. The average molecular weight is 261 g/mol. The number of alkyl halides is 1. The maximum absolute atomic E-state index is 4.19. The summed E-state index contributed by atoms with van der Waals surface area (Å²) in [6.45, 7) is 6.61. The van der Waals surface area contributed by atoms with Crippen LogP contribution >= 0.6 is 15.9 Å². The van der Waals surface area contributed by atoms with E-state index in [0.29, 0.717) is 16.7 Å². The Morgan fingerprint density at radius 1 is 1.36 bits per heavy atom. The second-order valence-corrected chi connectivity index (χ2v) is 5.43. The van der Waals surface area contributed by atoms with Gasteiger partial charge in [0.25, 0.3) is 0 Å². The van der Waals surface area contributed by atoms with Gasteiger partial charge in [-0.15, -0.1) is 10.2 Å². The first-order valence-corrected chi connectivity index (χ1v) is 5.79. The molecule has 5 heteroatoms. The molecule has 2 unspecified atom stereocenters. The molecule has 0 aliphatic rings. The fourth-order valence-electron chi connectivity index (χ4n) is 1.54. The Kier molecular flexibility index (Phi) is 4.04. The Morgan fingerprint density at radius 2 is 2.00 bits per heavy atom. The van der Waals surface area contributed by atoms with Crippen molar-refractivity contribution in [3.63, 3.8) is 0 Å². The van der Waals surface area contributed by atoms with E-state index in [2.05, 4.69) is 52.1 Å². The standard InChI is InChI=1S/C9H17BrN4/c1-6(2)8(7(3)10)5-9-11-13-14(4)12-9/h6-8H,5H2,1-4H3. The van der Waals surface area contributed by atoms with Gasteiger partial charge in [-0.05, 0) is 17.0 Å². The largest absolute Gasteiger partial charge is 0.175 e. The maximum atomic E-state index is 4.19. The molecule has 80 valence electrons. The predicted octanol–water partition coefficient (Wildman–Crippen LogP) is 1.81. The van der Waals surface area contributed by atoms with Gasteiger partial charge in [0.05, 0.1) is 7.05 Å². The molecule has 0 radical (unpaired) electrons. The van der Waals surface area contributed by atoms with Gasteiger partial charge in [0.1, 0.15) is 0 Å². The lowest BCUT2D eigenvalue weighted by molar-refractivity contribution is 0.376. The van der Waals surface area contributed by atoms with Gasteiger partial charge >= 0.3 is 0 Å². The number of rotatable bonds is 4. The van der Waals surface area contributed by atoms with E-state index in [1.165, 1.54) is 4.80 Å². The lowest BCUT2D eigenvalue weighted by Crippen LogP contribution is -2.21. The van der Waals surface area contributed by atoms with Crippen molar-refractivity contribution in [2.45, 2.75) is 32.0 Å². The molecule has 0 spiro atoms. The summed E-state index contributed by atoms with van der Waals surface area (Å²) in [6, 6.07) is 0. The lowest BCUT2D eigenvalue weighted by Gasteiger charge is -2.21. The summed E-state index contributed by atoms with van der Waals surface area (Å²) in [7, 11) is 1.79. The second-order valence-electron chi connectivity index (χ2n) is 3.98. The summed E-state index contributed by atoms with van der Waals surface area (Å²) in [5.41, 5.74) is 0. The summed E-state index contributed by atoms with van der Waals surface area (Å²) >= 11 is 3.62. The fourth-order valence-corrected chi connectivity index (χ4v) is 2.34. The summed E-state index contributed by atoms with van der Waals surface area (Å²) in [4.78, 5) is 1.98. The van der Waals surface area contributed by atoms with E-state index in [1.54, 1.807) is 7.05 Å². The number of nitrogens with zero attached hydrogens (tertiary/aromatic N) is 4. The van der Waals surface area contributed by atoms with E-state index in [1.807, 2.05) is 0 Å². The van der Waals surface area contributed by atoms with E-state index in [0.717, 1.165) is 12.2 Å². The molecule has 0 saturated heterocycles. The van der Waals surface area contributed by atoms with Gasteiger partial charge in [-0.25, -0.2) is 0 Å². The zero-order valence-electron chi connectivity index (χ0n) is 9.11. The minimum atomic E-state index is 0.478. The van der Waals surface area contributed by atoms with Crippen molar-refractivity contribution in [1.29, 1.82) is 0 Å². The van der Waals surface area contributed by atoms with E-state index < -0.39 is 0 Å². The van der Waals surface area contributed by atoms with Crippen LogP contribution in [-0.4, -0.2) is 25.0 Å². The van der Waals surface area contributed by atoms with Gasteiger partial charge in [0.2, 0.25) is 0 Å². The molecule has 0 bridgehead atoms. The molecule has 1 rings (SSSR count). The fraction of sp³-hybridized carbons (Fsp3) is 0.889. The van der Waals surface area contributed by atoms with Crippen LogP contribution in [0.5, 0.6) is 0 Å². The lowest BCUT2D eigenvalue weighted by atomic mass is 9.90. The molecule has 0 aromatic carbocycles. The maximum Gasteiger partial charge on any atom is 0.175 e. The van der Waals surface area contributed by atoms with Crippen LogP contribution in [0.1, 0.15) is 26.6 Å². The van der Waals surface area contributed by atoms with Crippen LogP contribution in [0.3, 0.4) is 0 Å².